The lowest BCUT2D eigenvalue weighted by atomic mass is 10.0. The van der Waals surface area contributed by atoms with Gasteiger partial charge < -0.3 is 0 Å². The molecule has 0 saturated carbocycles. The largest absolute Gasteiger partial charge is 0.416 e. The van der Waals surface area contributed by atoms with Gasteiger partial charge >= 0.3 is 6.18 Å². The zero-order valence-corrected chi connectivity index (χ0v) is 9.25. The Balaban J connectivity index is 2.47. The maximum absolute atomic E-state index is 12.6. The molecule has 0 aliphatic heterocycles. The molecule has 2 rings (SSSR count). The lowest BCUT2D eigenvalue weighted by molar-refractivity contribution is -0.137. The quantitative estimate of drug-likeness (QED) is 0.674. The zero-order valence-electron chi connectivity index (χ0n) is 9.25. The summed E-state index contributed by atoms with van der Waals surface area (Å²) in [6.45, 7) is 1.91. The molecule has 0 radical (unpaired) electrons. The third kappa shape index (κ3) is 2.67. The van der Waals surface area contributed by atoms with Crippen LogP contribution in [-0.4, -0.2) is 0 Å². The van der Waals surface area contributed by atoms with E-state index in [-0.39, 0.29) is 0 Å². The summed E-state index contributed by atoms with van der Waals surface area (Å²) in [5.74, 6) is 0. The first-order valence-corrected chi connectivity index (χ1v) is 5.21. The van der Waals surface area contributed by atoms with Crippen LogP contribution in [0.3, 0.4) is 0 Å². The summed E-state index contributed by atoms with van der Waals surface area (Å²) in [5, 5.41) is 0. The van der Waals surface area contributed by atoms with Gasteiger partial charge in [-0.1, -0.05) is 42.0 Å². The van der Waals surface area contributed by atoms with Crippen LogP contribution >= 0.6 is 0 Å². The van der Waals surface area contributed by atoms with Crippen LogP contribution in [0.2, 0.25) is 0 Å². The average molecular weight is 236 g/mol. The molecule has 0 unspecified atom stereocenters. The maximum Gasteiger partial charge on any atom is 0.416 e. The van der Waals surface area contributed by atoms with Crippen LogP contribution in [0.4, 0.5) is 13.2 Å². The van der Waals surface area contributed by atoms with Gasteiger partial charge in [-0.2, -0.15) is 13.2 Å². The van der Waals surface area contributed by atoms with Crippen molar-refractivity contribution in [3.05, 3.63) is 59.7 Å². The zero-order chi connectivity index (χ0) is 12.5. The first-order chi connectivity index (χ1) is 7.97. The molecule has 0 amide bonds. The third-order valence-corrected chi connectivity index (χ3v) is 2.54. The number of hydrogen-bond donors (Lipinski definition) is 0. The predicted octanol–water partition coefficient (Wildman–Crippen LogP) is 4.68. The van der Waals surface area contributed by atoms with E-state index in [1.807, 2.05) is 31.2 Å². The van der Waals surface area contributed by atoms with Gasteiger partial charge in [0.15, 0.2) is 0 Å². The first kappa shape index (κ1) is 11.7. The summed E-state index contributed by atoms with van der Waals surface area (Å²) in [6, 6.07) is 12.8. The fourth-order valence-corrected chi connectivity index (χ4v) is 1.70. The van der Waals surface area contributed by atoms with E-state index in [9.17, 15) is 13.2 Å². The summed E-state index contributed by atoms with van der Waals surface area (Å²) in [6.07, 6.45) is -4.29. The molecule has 0 spiro atoms. The van der Waals surface area contributed by atoms with Crippen molar-refractivity contribution in [2.45, 2.75) is 13.1 Å². The molecule has 17 heavy (non-hydrogen) atoms. The van der Waals surface area contributed by atoms with Crippen molar-refractivity contribution in [2.24, 2.45) is 0 Å². The van der Waals surface area contributed by atoms with Crippen LogP contribution in [0.15, 0.2) is 48.5 Å². The molecule has 88 valence electrons. The lowest BCUT2D eigenvalue weighted by Crippen LogP contribution is -2.04. The number of benzene rings is 2. The van der Waals surface area contributed by atoms with E-state index in [0.29, 0.717) is 5.56 Å². The van der Waals surface area contributed by atoms with Crippen molar-refractivity contribution < 1.29 is 13.2 Å². The van der Waals surface area contributed by atoms with Crippen LogP contribution in [-0.2, 0) is 6.18 Å². The number of halogens is 3. The number of aryl methyl sites for hydroxylation is 1. The fraction of sp³-hybridized carbons (Fsp3) is 0.143. The van der Waals surface area contributed by atoms with E-state index in [1.54, 1.807) is 6.07 Å². The first-order valence-electron chi connectivity index (χ1n) is 5.21. The van der Waals surface area contributed by atoms with E-state index in [0.717, 1.165) is 17.2 Å². The molecule has 2 aromatic carbocycles. The SMILES string of the molecule is Cc1cccc(-c2cccc(C(F)(F)F)c2)c1. The number of alkyl halides is 3. The fourth-order valence-electron chi connectivity index (χ4n) is 1.70. The Labute approximate surface area is 97.7 Å². The summed E-state index contributed by atoms with van der Waals surface area (Å²) in [4.78, 5) is 0. The molecule has 0 aliphatic carbocycles. The van der Waals surface area contributed by atoms with Crippen LogP contribution in [0.25, 0.3) is 11.1 Å². The van der Waals surface area contributed by atoms with Gasteiger partial charge in [-0.05, 0) is 30.2 Å². The minimum Gasteiger partial charge on any atom is -0.166 e. The lowest BCUT2D eigenvalue weighted by Gasteiger charge is -2.09. The molecule has 0 saturated heterocycles. The molecule has 0 aliphatic rings. The topological polar surface area (TPSA) is 0 Å². The van der Waals surface area contributed by atoms with Crippen molar-refractivity contribution in [2.75, 3.05) is 0 Å². The Bertz CT molecular complexity index is 527. The highest BCUT2D eigenvalue weighted by molar-refractivity contribution is 5.65. The van der Waals surface area contributed by atoms with E-state index in [4.69, 9.17) is 0 Å². The van der Waals surface area contributed by atoms with Crippen molar-refractivity contribution in [1.82, 2.24) is 0 Å². The van der Waals surface area contributed by atoms with Crippen molar-refractivity contribution >= 4 is 0 Å². The van der Waals surface area contributed by atoms with Gasteiger partial charge in [0.25, 0.3) is 0 Å². The Hall–Kier alpha value is -1.77. The van der Waals surface area contributed by atoms with Crippen LogP contribution in [0.1, 0.15) is 11.1 Å². The van der Waals surface area contributed by atoms with E-state index in [2.05, 4.69) is 0 Å². The van der Waals surface area contributed by atoms with E-state index >= 15 is 0 Å². The van der Waals surface area contributed by atoms with Crippen LogP contribution in [0, 0.1) is 6.92 Å². The number of rotatable bonds is 1. The Morgan fingerprint density at radius 2 is 1.41 bits per heavy atom. The molecule has 0 aromatic heterocycles. The monoisotopic (exact) mass is 236 g/mol. The van der Waals surface area contributed by atoms with Crippen LogP contribution < -0.4 is 0 Å². The molecule has 0 N–H and O–H groups in total. The summed E-state index contributed by atoms with van der Waals surface area (Å²) in [7, 11) is 0. The molecule has 0 fully saturated rings. The van der Waals surface area contributed by atoms with Gasteiger partial charge in [0, 0.05) is 0 Å². The van der Waals surface area contributed by atoms with Crippen molar-refractivity contribution in [3.8, 4) is 11.1 Å². The standard InChI is InChI=1S/C14H11F3/c1-10-4-2-5-11(8-10)12-6-3-7-13(9-12)14(15,16)17/h2-9H,1H3. The highest BCUT2D eigenvalue weighted by Gasteiger charge is 2.30. The predicted molar refractivity (Wildman–Crippen MR) is 61.6 cm³/mol. The second-order valence-electron chi connectivity index (χ2n) is 3.95. The molecular formula is C14H11F3. The van der Waals surface area contributed by atoms with Crippen LogP contribution in [0.5, 0.6) is 0 Å². The summed E-state index contributed by atoms with van der Waals surface area (Å²) < 4.78 is 37.7. The highest BCUT2D eigenvalue weighted by atomic mass is 19.4. The van der Waals surface area contributed by atoms with Crippen molar-refractivity contribution in [3.63, 3.8) is 0 Å². The summed E-state index contributed by atoms with van der Waals surface area (Å²) in [5.41, 5.74) is 1.80. The molecule has 0 nitrogen and oxygen atoms in total. The van der Waals surface area contributed by atoms with Gasteiger partial charge in [0.05, 0.1) is 5.56 Å². The second-order valence-corrected chi connectivity index (χ2v) is 3.95. The Morgan fingerprint density at radius 3 is 2.00 bits per heavy atom. The van der Waals surface area contributed by atoms with E-state index in [1.165, 1.54) is 12.1 Å². The molecule has 0 atom stereocenters. The molecule has 0 heterocycles. The van der Waals surface area contributed by atoms with E-state index < -0.39 is 11.7 Å². The molecule has 2 aromatic rings. The van der Waals surface area contributed by atoms with Gasteiger partial charge in [-0.3, -0.25) is 0 Å². The number of hydrogen-bond acceptors (Lipinski definition) is 0. The Morgan fingerprint density at radius 1 is 0.824 bits per heavy atom. The van der Waals surface area contributed by atoms with Gasteiger partial charge in [-0.15, -0.1) is 0 Å². The normalized spacial score (nSPS) is 11.5. The molecule has 0 bridgehead atoms. The highest BCUT2D eigenvalue weighted by Crippen LogP contribution is 2.32. The smallest absolute Gasteiger partial charge is 0.166 e. The van der Waals surface area contributed by atoms with Gasteiger partial charge in [0.2, 0.25) is 0 Å². The summed E-state index contributed by atoms with van der Waals surface area (Å²) >= 11 is 0. The second kappa shape index (κ2) is 4.24. The molecular weight excluding hydrogens is 225 g/mol. The van der Waals surface area contributed by atoms with Gasteiger partial charge in [-0.25, -0.2) is 0 Å². The van der Waals surface area contributed by atoms with Crippen molar-refractivity contribution in [1.29, 1.82) is 0 Å². The third-order valence-electron chi connectivity index (χ3n) is 2.54. The Kier molecular flexibility index (Phi) is 2.92. The minimum absolute atomic E-state index is 0.587. The van der Waals surface area contributed by atoms with Gasteiger partial charge in [0.1, 0.15) is 0 Å². The maximum atomic E-state index is 12.6. The minimum atomic E-state index is -4.29. The molecule has 3 heteroatoms. The average Bonchev–Trinajstić information content (AvgIpc) is 2.28.